The molecule has 0 N–H and O–H groups in total. The maximum absolute atomic E-state index is 4.31. The molecule has 0 unspecified atom stereocenters. The fourth-order valence-electron chi connectivity index (χ4n) is 2.13. The highest BCUT2D eigenvalue weighted by molar-refractivity contribution is 5.55. The van der Waals surface area contributed by atoms with Gasteiger partial charge in [-0.05, 0) is 36.4 Å². The number of allylic oxidation sites excluding steroid dienone is 1. The number of anilines is 2. The first-order valence-corrected chi connectivity index (χ1v) is 8.06. The quantitative estimate of drug-likeness (QED) is 0.619. The van der Waals surface area contributed by atoms with E-state index >= 15 is 0 Å². The van der Waals surface area contributed by atoms with E-state index in [0.717, 1.165) is 23.8 Å². The van der Waals surface area contributed by atoms with E-state index in [2.05, 4.69) is 28.1 Å². The number of aromatic nitrogens is 3. The highest BCUT2D eigenvalue weighted by Gasteiger charge is 2.08. The normalized spacial score (nSPS) is 9.44. The van der Waals surface area contributed by atoms with Gasteiger partial charge in [0.2, 0.25) is 0 Å². The van der Waals surface area contributed by atoms with Crippen molar-refractivity contribution in [3.63, 3.8) is 0 Å². The molecular weight excluding hydrogens is 308 g/mol. The van der Waals surface area contributed by atoms with Gasteiger partial charge in [-0.3, -0.25) is 4.98 Å². The summed E-state index contributed by atoms with van der Waals surface area (Å²) < 4.78 is 0. The van der Waals surface area contributed by atoms with Crippen LogP contribution in [-0.4, -0.2) is 21.5 Å². The molecule has 4 heteroatoms. The van der Waals surface area contributed by atoms with Gasteiger partial charge in [0, 0.05) is 37.3 Å². The summed E-state index contributed by atoms with van der Waals surface area (Å²) in [5.41, 5.74) is 1.08. The molecule has 4 nitrogen and oxygen atoms in total. The molecule has 3 aromatic heterocycles. The van der Waals surface area contributed by atoms with Crippen molar-refractivity contribution < 1.29 is 0 Å². The van der Waals surface area contributed by atoms with Crippen LogP contribution >= 0.6 is 0 Å². The molecule has 0 saturated heterocycles. The molecule has 3 rings (SSSR count). The molecule has 126 valence electrons. The van der Waals surface area contributed by atoms with Gasteiger partial charge in [0.1, 0.15) is 11.6 Å². The molecule has 3 aromatic rings. The molecular formula is C21H22N4. The zero-order chi connectivity index (χ0) is 17.7. The number of rotatable bonds is 6. The second-order valence-electron chi connectivity index (χ2n) is 5.09. The number of hydrogen-bond acceptors (Lipinski definition) is 4. The lowest BCUT2D eigenvalue weighted by molar-refractivity contribution is 1.01. The van der Waals surface area contributed by atoms with Crippen LogP contribution in [0.2, 0.25) is 0 Å². The van der Waals surface area contributed by atoms with Crippen molar-refractivity contribution in [2.24, 2.45) is 0 Å². The first kappa shape index (κ1) is 18.1. The van der Waals surface area contributed by atoms with Gasteiger partial charge in [-0.1, -0.05) is 30.4 Å². The minimum absolute atomic E-state index is 0.689. The van der Waals surface area contributed by atoms with Gasteiger partial charge in [0.25, 0.3) is 0 Å². The second kappa shape index (κ2) is 10.5. The average Bonchev–Trinajstić information content (AvgIpc) is 2.69. The van der Waals surface area contributed by atoms with Crippen LogP contribution in [0, 0.1) is 0 Å². The SMILES string of the molecule is C=CCN(c1ccccn1)c1ccccn1.C=CCc1ccccn1. The predicted molar refractivity (Wildman–Crippen MR) is 104 cm³/mol. The maximum Gasteiger partial charge on any atom is 0.134 e. The average molecular weight is 330 g/mol. The smallest absolute Gasteiger partial charge is 0.134 e. The minimum Gasteiger partial charge on any atom is -0.307 e. The van der Waals surface area contributed by atoms with Gasteiger partial charge >= 0.3 is 0 Å². The van der Waals surface area contributed by atoms with Crippen molar-refractivity contribution in [1.29, 1.82) is 0 Å². The topological polar surface area (TPSA) is 41.9 Å². The standard InChI is InChI=1S/C13H13N3.C8H9N/c1-2-11-16(12-7-3-5-9-14-12)13-8-4-6-10-15-13;1-2-5-8-6-3-4-7-9-8/h2-10H,1,11H2;2-4,6-7H,1,5H2. The largest absolute Gasteiger partial charge is 0.307 e. The van der Waals surface area contributed by atoms with E-state index in [1.807, 2.05) is 71.6 Å². The fourth-order valence-corrected chi connectivity index (χ4v) is 2.13. The third-order valence-corrected chi connectivity index (χ3v) is 3.24. The Bertz CT molecular complexity index is 703. The molecule has 0 bridgehead atoms. The number of nitrogens with zero attached hydrogens (tertiary/aromatic N) is 4. The van der Waals surface area contributed by atoms with Gasteiger partial charge in [0.15, 0.2) is 0 Å². The molecule has 0 aliphatic rings. The minimum atomic E-state index is 0.689. The zero-order valence-corrected chi connectivity index (χ0v) is 14.2. The van der Waals surface area contributed by atoms with E-state index in [-0.39, 0.29) is 0 Å². The van der Waals surface area contributed by atoms with Gasteiger partial charge in [0.05, 0.1) is 0 Å². The van der Waals surface area contributed by atoms with Crippen molar-refractivity contribution in [3.8, 4) is 0 Å². The Labute approximate surface area is 149 Å². The Hall–Kier alpha value is -3.27. The van der Waals surface area contributed by atoms with Crippen molar-refractivity contribution in [1.82, 2.24) is 15.0 Å². The molecule has 0 aliphatic carbocycles. The summed E-state index contributed by atoms with van der Waals surface area (Å²) in [7, 11) is 0. The fraction of sp³-hybridized carbons (Fsp3) is 0.0952. The Morgan fingerprint density at radius 1 is 0.720 bits per heavy atom. The lowest BCUT2D eigenvalue weighted by Crippen LogP contribution is -2.18. The lowest BCUT2D eigenvalue weighted by Gasteiger charge is -2.20. The summed E-state index contributed by atoms with van der Waals surface area (Å²) >= 11 is 0. The third-order valence-electron chi connectivity index (χ3n) is 3.24. The van der Waals surface area contributed by atoms with Gasteiger partial charge in [-0.15, -0.1) is 13.2 Å². The van der Waals surface area contributed by atoms with Crippen molar-refractivity contribution in [2.75, 3.05) is 11.4 Å². The maximum atomic E-state index is 4.31. The van der Waals surface area contributed by atoms with Crippen LogP contribution < -0.4 is 4.90 Å². The molecule has 0 aliphatic heterocycles. The monoisotopic (exact) mass is 330 g/mol. The van der Waals surface area contributed by atoms with Crippen LogP contribution in [0.25, 0.3) is 0 Å². The van der Waals surface area contributed by atoms with E-state index in [1.165, 1.54) is 0 Å². The predicted octanol–water partition coefficient (Wildman–Crippen LogP) is 4.61. The number of pyridine rings is 3. The summed E-state index contributed by atoms with van der Waals surface area (Å²) in [4.78, 5) is 14.7. The first-order chi connectivity index (χ1) is 12.3. The Balaban J connectivity index is 0.000000212. The molecule has 0 fully saturated rings. The first-order valence-electron chi connectivity index (χ1n) is 8.06. The van der Waals surface area contributed by atoms with Crippen molar-refractivity contribution in [2.45, 2.75) is 6.42 Å². The Morgan fingerprint density at radius 3 is 1.68 bits per heavy atom. The summed E-state index contributed by atoms with van der Waals surface area (Å²) in [6.07, 6.45) is 9.88. The van der Waals surface area contributed by atoms with E-state index in [9.17, 15) is 0 Å². The summed E-state index contributed by atoms with van der Waals surface area (Å²) in [6, 6.07) is 17.5. The van der Waals surface area contributed by atoms with Gasteiger partial charge in [-0.2, -0.15) is 0 Å². The molecule has 0 aromatic carbocycles. The van der Waals surface area contributed by atoms with Crippen molar-refractivity contribution in [3.05, 3.63) is 104 Å². The molecule has 0 saturated carbocycles. The van der Waals surface area contributed by atoms with E-state index in [4.69, 9.17) is 0 Å². The van der Waals surface area contributed by atoms with E-state index in [1.54, 1.807) is 18.6 Å². The molecule has 25 heavy (non-hydrogen) atoms. The van der Waals surface area contributed by atoms with Crippen LogP contribution in [0.1, 0.15) is 5.69 Å². The Morgan fingerprint density at radius 2 is 1.28 bits per heavy atom. The van der Waals surface area contributed by atoms with Crippen LogP contribution in [0.5, 0.6) is 0 Å². The van der Waals surface area contributed by atoms with Gasteiger partial charge in [-0.25, -0.2) is 9.97 Å². The molecule has 0 radical (unpaired) electrons. The summed E-state index contributed by atoms with van der Waals surface area (Å²) in [6.45, 7) is 8.06. The zero-order valence-electron chi connectivity index (χ0n) is 14.2. The van der Waals surface area contributed by atoms with Crippen LogP contribution in [0.15, 0.2) is 98.5 Å². The summed E-state index contributed by atoms with van der Waals surface area (Å²) in [5.74, 6) is 1.75. The second-order valence-corrected chi connectivity index (χ2v) is 5.09. The molecule has 0 atom stereocenters. The van der Waals surface area contributed by atoms with Crippen molar-refractivity contribution >= 4 is 11.6 Å². The molecule has 0 amide bonds. The third kappa shape index (κ3) is 6.03. The van der Waals surface area contributed by atoms with Gasteiger partial charge < -0.3 is 4.90 Å². The summed E-state index contributed by atoms with van der Waals surface area (Å²) in [5, 5.41) is 0. The molecule has 0 spiro atoms. The van der Waals surface area contributed by atoms with Crippen LogP contribution in [0.3, 0.4) is 0 Å². The van der Waals surface area contributed by atoms with Crippen LogP contribution in [-0.2, 0) is 6.42 Å². The Kier molecular flexibility index (Phi) is 7.59. The highest BCUT2D eigenvalue weighted by atomic mass is 15.2. The number of hydrogen-bond donors (Lipinski definition) is 0. The highest BCUT2D eigenvalue weighted by Crippen LogP contribution is 2.19. The molecule has 3 heterocycles. The van der Waals surface area contributed by atoms with E-state index < -0.39 is 0 Å². The lowest BCUT2D eigenvalue weighted by atomic mass is 10.3. The van der Waals surface area contributed by atoms with E-state index in [0.29, 0.717) is 6.54 Å². The van der Waals surface area contributed by atoms with Crippen LogP contribution in [0.4, 0.5) is 11.6 Å².